The highest BCUT2D eigenvalue weighted by atomic mass is 19.4. The van der Waals surface area contributed by atoms with Crippen molar-refractivity contribution in [3.05, 3.63) is 35.4 Å². The molecule has 0 radical (unpaired) electrons. The summed E-state index contributed by atoms with van der Waals surface area (Å²) in [5, 5.41) is 0. The highest BCUT2D eigenvalue weighted by Gasteiger charge is 2.59. The third-order valence-electron chi connectivity index (χ3n) is 2.34. The van der Waals surface area contributed by atoms with Gasteiger partial charge in [-0.15, -0.1) is 0 Å². The standard InChI is InChI=1S/C12H13F5/c1-8(2)7-9-5-3-4-6-10(9)11(13,14)12(15,16)17/h3-6,8H,7H2,1-2H3. The minimum Gasteiger partial charge on any atom is -0.191 e. The summed E-state index contributed by atoms with van der Waals surface area (Å²) in [7, 11) is 0. The summed E-state index contributed by atoms with van der Waals surface area (Å²) in [4.78, 5) is 0. The molecule has 0 saturated heterocycles. The molecule has 17 heavy (non-hydrogen) atoms. The van der Waals surface area contributed by atoms with Gasteiger partial charge in [0.1, 0.15) is 0 Å². The minimum atomic E-state index is -5.56. The zero-order valence-electron chi connectivity index (χ0n) is 9.48. The molecule has 0 aliphatic carbocycles. The zero-order valence-corrected chi connectivity index (χ0v) is 9.48. The predicted octanol–water partition coefficient (Wildman–Crippen LogP) is 4.54. The minimum absolute atomic E-state index is 0.0141. The Kier molecular flexibility index (Phi) is 3.79. The average molecular weight is 252 g/mol. The second-order valence-corrected chi connectivity index (χ2v) is 4.33. The highest BCUT2D eigenvalue weighted by molar-refractivity contribution is 5.32. The topological polar surface area (TPSA) is 0 Å². The molecule has 0 aliphatic rings. The van der Waals surface area contributed by atoms with Crippen LogP contribution in [0.4, 0.5) is 22.0 Å². The van der Waals surface area contributed by atoms with Gasteiger partial charge in [-0.3, -0.25) is 0 Å². The normalized spacial score (nSPS) is 13.2. The third-order valence-corrected chi connectivity index (χ3v) is 2.34. The van der Waals surface area contributed by atoms with Crippen molar-refractivity contribution < 1.29 is 22.0 Å². The molecule has 0 N–H and O–H groups in total. The Morgan fingerprint density at radius 1 is 1.00 bits per heavy atom. The highest BCUT2D eigenvalue weighted by Crippen LogP contribution is 2.45. The van der Waals surface area contributed by atoms with Crippen molar-refractivity contribution in [1.82, 2.24) is 0 Å². The molecular weight excluding hydrogens is 239 g/mol. The summed E-state index contributed by atoms with van der Waals surface area (Å²) in [6.07, 6.45) is -5.36. The molecular formula is C12H13F5. The summed E-state index contributed by atoms with van der Waals surface area (Å²) in [5.74, 6) is -4.78. The quantitative estimate of drug-likeness (QED) is 0.693. The molecule has 0 nitrogen and oxygen atoms in total. The fourth-order valence-corrected chi connectivity index (χ4v) is 1.60. The molecule has 0 unspecified atom stereocenters. The summed E-state index contributed by atoms with van der Waals surface area (Å²) >= 11 is 0. The lowest BCUT2D eigenvalue weighted by molar-refractivity contribution is -0.289. The largest absolute Gasteiger partial charge is 0.458 e. The van der Waals surface area contributed by atoms with Crippen LogP contribution in [0.3, 0.4) is 0 Å². The molecule has 1 aromatic rings. The Morgan fingerprint density at radius 3 is 2.00 bits per heavy atom. The Bertz CT molecular complexity index is 379. The number of alkyl halides is 5. The number of hydrogen-bond donors (Lipinski definition) is 0. The van der Waals surface area contributed by atoms with E-state index in [1.165, 1.54) is 18.2 Å². The molecule has 1 aromatic carbocycles. The van der Waals surface area contributed by atoms with Gasteiger partial charge < -0.3 is 0 Å². The molecule has 0 heterocycles. The van der Waals surface area contributed by atoms with Crippen LogP contribution < -0.4 is 0 Å². The summed E-state index contributed by atoms with van der Waals surface area (Å²) in [6, 6.07) is 4.81. The number of halogens is 5. The van der Waals surface area contributed by atoms with Gasteiger partial charge >= 0.3 is 12.1 Å². The van der Waals surface area contributed by atoms with Crippen molar-refractivity contribution in [2.45, 2.75) is 32.4 Å². The second kappa shape index (κ2) is 4.63. The van der Waals surface area contributed by atoms with Crippen LogP contribution in [0.25, 0.3) is 0 Å². The Balaban J connectivity index is 3.22. The number of benzene rings is 1. The van der Waals surface area contributed by atoms with Crippen molar-refractivity contribution >= 4 is 0 Å². The molecule has 0 amide bonds. The van der Waals surface area contributed by atoms with Crippen molar-refractivity contribution in [3.8, 4) is 0 Å². The number of hydrogen-bond acceptors (Lipinski definition) is 0. The lowest BCUT2D eigenvalue weighted by Crippen LogP contribution is -2.34. The van der Waals surface area contributed by atoms with E-state index in [2.05, 4.69) is 0 Å². The molecule has 0 spiro atoms. The van der Waals surface area contributed by atoms with Gasteiger partial charge in [-0.25, -0.2) is 0 Å². The molecule has 1 rings (SSSR count). The van der Waals surface area contributed by atoms with Crippen LogP contribution in [0.5, 0.6) is 0 Å². The summed E-state index contributed by atoms with van der Waals surface area (Å²) in [6.45, 7) is 3.53. The van der Waals surface area contributed by atoms with E-state index in [0.717, 1.165) is 6.07 Å². The van der Waals surface area contributed by atoms with E-state index in [9.17, 15) is 22.0 Å². The SMILES string of the molecule is CC(C)Cc1ccccc1C(F)(F)C(F)(F)F. The molecule has 5 heteroatoms. The van der Waals surface area contributed by atoms with Gasteiger partial charge in [-0.05, 0) is 17.9 Å². The van der Waals surface area contributed by atoms with Crippen LogP contribution in [0.1, 0.15) is 25.0 Å². The predicted molar refractivity (Wildman–Crippen MR) is 54.9 cm³/mol. The van der Waals surface area contributed by atoms with Crippen LogP contribution in [0.15, 0.2) is 24.3 Å². The van der Waals surface area contributed by atoms with Crippen LogP contribution in [-0.2, 0) is 12.3 Å². The van der Waals surface area contributed by atoms with E-state index in [4.69, 9.17) is 0 Å². The summed E-state index contributed by atoms with van der Waals surface area (Å²) in [5.41, 5.74) is -0.897. The van der Waals surface area contributed by atoms with Gasteiger partial charge in [-0.1, -0.05) is 38.1 Å². The Hall–Kier alpha value is -1.13. The average Bonchev–Trinajstić information content (AvgIpc) is 2.15. The monoisotopic (exact) mass is 252 g/mol. The van der Waals surface area contributed by atoms with Crippen molar-refractivity contribution in [1.29, 1.82) is 0 Å². The van der Waals surface area contributed by atoms with E-state index in [1.54, 1.807) is 13.8 Å². The zero-order chi connectivity index (χ0) is 13.3. The molecule has 0 saturated carbocycles. The first-order valence-corrected chi connectivity index (χ1v) is 5.19. The lowest BCUT2D eigenvalue weighted by atomic mass is 9.94. The molecule has 0 fully saturated rings. The van der Waals surface area contributed by atoms with E-state index >= 15 is 0 Å². The van der Waals surface area contributed by atoms with E-state index in [0.29, 0.717) is 0 Å². The Labute approximate surface area is 96.4 Å². The van der Waals surface area contributed by atoms with Gasteiger partial charge in [0.05, 0.1) is 0 Å². The van der Waals surface area contributed by atoms with Gasteiger partial charge in [-0.2, -0.15) is 22.0 Å². The summed E-state index contributed by atoms with van der Waals surface area (Å²) < 4.78 is 63.4. The van der Waals surface area contributed by atoms with Crippen LogP contribution >= 0.6 is 0 Å². The van der Waals surface area contributed by atoms with Crippen LogP contribution in [-0.4, -0.2) is 6.18 Å². The third kappa shape index (κ3) is 2.96. The molecule has 96 valence electrons. The molecule has 0 atom stereocenters. The van der Waals surface area contributed by atoms with Crippen LogP contribution in [0.2, 0.25) is 0 Å². The maximum Gasteiger partial charge on any atom is 0.458 e. The molecule has 0 aliphatic heterocycles. The maximum absolute atomic E-state index is 13.2. The van der Waals surface area contributed by atoms with Gasteiger partial charge in [0, 0.05) is 5.56 Å². The second-order valence-electron chi connectivity index (χ2n) is 4.33. The van der Waals surface area contributed by atoms with E-state index in [1.807, 2.05) is 0 Å². The Morgan fingerprint density at radius 2 is 1.53 bits per heavy atom. The van der Waals surface area contributed by atoms with Crippen LogP contribution in [0, 0.1) is 5.92 Å². The maximum atomic E-state index is 13.2. The van der Waals surface area contributed by atoms with Crippen molar-refractivity contribution in [2.75, 3.05) is 0 Å². The van der Waals surface area contributed by atoms with Gasteiger partial charge in [0.15, 0.2) is 0 Å². The van der Waals surface area contributed by atoms with Gasteiger partial charge in [0.2, 0.25) is 0 Å². The first-order valence-electron chi connectivity index (χ1n) is 5.19. The van der Waals surface area contributed by atoms with Crippen molar-refractivity contribution in [2.24, 2.45) is 5.92 Å². The fourth-order valence-electron chi connectivity index (χ4n) is 1.60. The number of rotatable bonds is 3. The smallest absolute Gasteiger partial charge is 0.191 e. The first-order chi connectivity index (χ1) is 7.66. The van der Waals surface area contributed by atoms with E-state index in [-0.39, 0.29) is 17.9 Å². The van der Waals surface area contributed by atoms with Crippen molar-refractivity contribution in [3.63, 3.8) is 0 Å². The fraction of sp³-hybridized carbons (Fsp3) is 0.500. The first kappa shape index (κ1) is 13.9. The molecule has 0 bridgehead atoms. The van der Waals surface area contributed by atoms with E-state index < -0.39 is 17.7 Å². The van der Waals surface area contributed by atoms with Gasteiger partial charge in [0.25, 0.3) is 0 Å². The molecule has 0 aromatic heterocycles. The lowest BCUT2D eigenvalue weighted by Gasteiger charge is -2.23.